The molecule has 4 heteroatoms. The highest BCUT2D eigenvalue weighted by molar-refractivity contribution is 5.94. The lowest BCUT2D eigenvalue weighted by molar-refractivity contribution is 0.0549. The summed E-state index contributed by atoms with van der Waals surface area (Å²) >= 11 is 0. The van der Waals surface area contributed by atoms with Gasteiger partial charge in [-0.15, -0.1) is 0 Å². The standard InChI is InChI=1S/C22H26N2O2/c1-16-13-18(8-9-21(16)25)22(26)24-11-4-7-20(15-24)23-12-10-17-5-2-3-6-19(17)14-23/h2-3,5-6,8-9,13,20,25H,4,7,10-12,14-15H2,1H3/t20-/m0/s1. The Morgan fingerprint density at radius 1 is 1.12 bits per heavy atom. The van der Waals surface area contributed by atoms with Crippen molar-refractivity contribution in [1.82, 2.24) is 9.80 Å². The molecule has 0 unspecified atom stereocenters. The van der Waals surface area contributed by atoms with Crippen LogP contribution in [0.5, 0.6) is 5.75 Å². The molecule has 2 heterocycles. The normalized spacial score (nSPS) is 20.7. The van der Waals surface area contributed by atoms with Crippen molar-refractivity contribution < 1.29 is 9.90 Å². The fourth-order valence-corrected chi connectivity index (χ4v) is 4.24. The number of amides is 1. The second-order valence-corrected chi connectivity index (χ2v) is 7.54. The number of piperidine rings is 1. The molecule has 2 aromatic carbocycles. The highest BCUT2D eigenvalue weighted by atomic mass is 16.3. The monoisotopic (exact) mass is 350 g/mol. The Hall–Kier alpha value is -2.33. The number of rotatable bonds is 2. The number of carbonyl (C=O) groups is 1. The van der Waals surface area contributed by atoms with Gasteiger partial charge in [-0.1, -0.05) is 24.3 Å². The topological polar surface area (TPSA) is 43.8 Å². The van der Waals surface area contributed by atoms with Crippen molar-refractivity contribution in [2.24, 2.45) is 0 Å². The number of likely N-dealkylation sites (tertiary alicyclic amines) is 1. The van der Waals surface area contributed by atoms with Crippen LogP contribution in [-0.2, 0) is 13.0 Å². The molecule has 0 aromatic heterocycles. The predicted octanol–water partition coefficient (Wildman–Crippen LogP) is 3.36. The third kappa shape index (κ3) is 3.34. The molecule has 1 N–H and O–H groups in total. The lowest BCUT2D eigenvalue weighted by Crippen LogP contribution is -2.51. The zero-order valence-corrected chi connectivity index (χ0v) is 15.3. The zero-order chi connectivity index (χ0) is 18.1. The number of phenolic OH excluding ortho intramolecular Hbond substituents is 1. The Bertz CT molecular complexity index is 818. The van der Waals surface area contributed by atoms with E-state index in [1.807, 2.05) is 11.8 Å². The van der Waals surface area contributed by atoms with Crippen LogP contribution in [0.15, 0.2) is 42.5 Å². The second-order valence-electron chi connectivity index (χ2n) is 7.54. The first kappa shape index (κ1) is 17.1. The van der Waals surface area contributed by atoms with E-state index in [2.05, 4.69) is 29.2 Å². The van der Waals surface area contributed by atoms with Gasteiger partial charge in [-0.2, -0.15) is 0 Å². The summed E-state index contributed by atoms with van der Waals surface area (Å²) in [6.07, 6.45) is 3.30. The number of phenols is 1. The van der Waals surface area contributed by atoms with Gasteiger partial charge in [0.2, 0.25) is 0 Å². The van der Waals surface area contributed by atoms with Crippen molar-refractivity contribution in [1.29, 1.82) is 0 Å². The molecular weight excluding hydrogens is 324 g/mol. The van der Waals surface area contributed by atoms with Crippen LogP contribution in [0.1, 0.15) is 39.9 Å². The average molecular weight is 350 g/mol. The van der Waals surface area contributed by atoms with Crippen molar-refractivity contribution in [3.05, 3.63) is 64.7 Å². The molecular formula is C22H26N2O2. The quantitative estimate of drug-likeness (QED) is 0.903. The number of aromatic hydroxyl groups is 1. The van der Waals surface area contributed by atoms with E-state index in [-0.39, 0.29) is 11.7 Å². The lowest BCUT2D eigenvalue weighted by atomic mass is 9.95. The molecule has 1 fully saturated rings. The summed E-state index contributed by atoms with van der Waals surface area (Å²) in [5.74, 6) is 0.320. The summed E-state index contributed by atoms with van der Waals surface area (Å²) in [6.45, 7) is 5.50. The predicted molar refractivity (Wildman–Crippen MR) is 102 cm³/mol. The minimum atomic E-state index is 0.0789. The molecule has 1 saturated heterocycles. The number of hydrogen-bond acceptors (Lipinski definition) is 3. The molecule has 1 amide bonds. The highest BCUT2D eigenvalue weighted by Crippen LogP contribution is 2.26. The minimum absolute atomic E-state index is 0.0789. The van der Waals surface area contributed by atoms with E-state index in [1.54, 1.807) is 18.2 Å². The van der Waals surface area contributed by atoms with E-state index < -0.39 is 0 Å². The number of hydrogen-bond donors (Lipinski definition) is 1. The van der Waals surface area contributed by atoms with Crippen LogP contribution in [0.3, 0.4) is 0 Å². The molecule has 0 bridgehead atoms. The Morgan fingerprint density at radius 2 is 1.92 bits per heavy atom. The van der Waals surface area contributed by atoms with Gasteiger partial charge < -0.3 is 10.0 Å². The van der Waals surface area contributed by atoms with Crippen LogP contribution in [-0.4, -0.2) is 46.5 Å². The van der Waals surface area contributed by atoms with E-state index in [9.17, 15) is 9.90 Å². The first-order valence-electron chi connectivity index (χ1n) is 9.51. The molecule has 2 aliphatic heterocycles. The number of nitrogens with zero attached hydrogens (tertiary/aromatic N) is 2. The molecule has 1 atom stereocenters. The molecule has 2 aromatic rings. The van der Waals surface area contributed by atoms with Gasteiger partial charge in [-0.25, -0.2) is 0 Å². The molecule has 26 heavy (non-hydrogen) atoms. The van der Waals surface area contributed by atoms with Crippen LogP contribution in [0, 0.1) is 6.92 Å². The van der Waals surface area contributed by atoms with Gasteiger partial charge in [0.1, 0.15) is 5.75 Å². The van der Waals surface area contributed by atoms with Crippen LogP contribution in [0.2, 0.25) is 0 Å². The Labute approximate surface area is 155 Å². The van der Waals surface area contributed by atoms with Gasteiger partial charge in [0.15, 0.2) is 0 Å². The van der Waals surface area contributed by atoms with Crippen molar-refractivity contribution in [2.75, 3.05) is 19.6 Å². The Kier molecular flexibility index (Phi) is 4.68. The number of benzene rings is 2. The summed E-state index contributed by atoms with van der Waals surface area (Å²) in [7, 11) is 0. The Balaban J connectivity index is 1.46. The van der Waals surface area contributed by atoms with E-state index in [4.69, 9.17) is 0 Å². The molecule has 2 aliphatic rings. The summed E-state index contributed by atoms with van der Waals surface area (Å²) in [5, 5.41) is 9.70. The molecule has 4 nitrogen and oxygen atoms in total. The van der Waals surface area contributed by atoms with Crippen molar-refractivity contribution in [2.45, 2.75) is 38.8 Å². The second kappa shape index (κ2) is 7.12. The highest BCUT2D eigenvalue weighted by Gasteiger charge is 2.30. The summed E-state index contributed by atoms with van der Waals surface area (Å²) in [4.78, 5) is 17.4. The summed E-state index contributed by atoms with van der Waals surface area (Å²) in [5.41, 5.74) is 4.31. The largest absolute Gasteiger partial charge is 0.508 e. The first-order chi connectivity index (χ1) is 12.6. The van der Waals surface area contributed by atoms with Gasteiger partial charge in [0.05, 0.1) is 0 Å². The van der Waals surface area contributed by atoms with Gasteiger partial charge in [0, 0.05) is 37.8 Å². The van der Waals surface area contributed by atoms with Crippen LogP contribution < -0.4 is 0 Å². The van der Waals surface area contributed by atoms with E-state index in [1.165, 1.54) is 11.1 Å². The maximum atomic E-state index is 12.9. The fourth-order valence-electron chi connectivity index (χ4n) is 4.24. The SMILES string of the molecule is Cc1cc(C(=O)N2CCC[C@H](N3CCc4ccccc4C3)C2)ccc1O. The first-order valence-corrected chi connectivity index (χ1v) is 9.51. The fraction of sp³-hybridized carbons (Fsp3) is 0.409. The van der Waals surface area contributed by atoms with Crippen molar-refractivity contribution in [3.8, 4) is 5.75 Å². The Morgan fingerprint density at radius 3 is 2.73 bits per heavy atom. The van der Waals surface area contributed by atoms with Crippen LogP contribution in [0.25, 0.3) is 0 Å². The minimum Gasteiger partial charge on any atom is -0.508 e. The van der Waals surface area contributed by atoms with E-state index in [0.717, 1.165) is 51.0 Å². The van der Waals surface area contributed by atoms with Gasteiger partial charge in [0.25, 0.3) is 5.91 Å². The van der Waals surface area contributed by atoms with E-state index in [0.29, 0.717) is 11.6 Å². The molecule has 136 valence electrons. The maximum Gasteiger partial charge on any atom is 0.253 e. The smallest absolute Gasteiger partial charge is 0.253 e. The van der Waals surface area contributed by atoms with Gasteiger partial charge in [-0.3, -0.25) is 9.69 Å². The van der Waals surface area contributed by atoms with Crippen molar-refractivity contribution >= 4 is 5.91 Å². The number of aryl methyl sites for hydroxylation is 1. The van der Waals surface area contributed by atoms with Crippen LogP contribution >= 0.6 is 0 Å². The molecule has 4 rings (SSSR count). The summed E-state index contributed by atoms with van der Waals surface area (Å²) in [6, 6.07) is 14.3. The summed E-state index contributed by atoms with van der Waals surface area (Å²) < 4.78 is 0. The zero-order valence-electron chi connectivity index (χ0n) is 15.3. The third-order valence-electron chi connectivity index (χ3n) is 5.80. The average Bonchev–Trinajstić information content (AvgIpc) is 2.69. The van der Waals surface area contributed by atoms with E-state index >= 15 is 0 Å². The maximum absolute atomic E-state index is 12.9. The number of fused-ring (bicyclic) bond motifs is 1. The molecule has 0 saturated carbocycles. The number of carbonyl (C=O) groups excluding carboxylic acids is 1. The lowest BCUT2D eigenvalue weighted by Gasteiger charge is -2.41. The molecule has 0 aliphatic carbocycles. The van der Waals surface area contributed by atoms with Gasteiger partial charge >= 0.3 is 0 Å². The van der Waals surface area contributed by atoms with Crippen LogP contribution in [0.4, 0.5) is 0 Å². The molecule has 0 spiro atoms. The molecule has 0 radical (unpaired) electrons. The van der Waals surface area contributed by atoms with Gasteiger partial charge in [-0.05, 0) is 61.1 Å². The van der Waals surface area contributed by atoms with Crippen molar-refractivity contribution in [3.63, 3.8) is 0 Å². The third-order valence-corrected chi connectivity index (χ3v) is 5.80.